The number of rotatable bonds is 5. The van der Waals surface area contributed by atoms with E-state index in [1.54, 1.807) is 19.9 Å². The second kappa shape index (κ2) is 6.07. The van der Waals surface area contributed by atoms with Crippen molar-refractivity contribution in [2.45, 2.75) is 51.6 Å². The standard InChI is InChI=1S/C14H21N3O3/c1-9(14(19)20)10(2)15-13(18)12-7-8-17(16-12)11-5-3-4-6-11/h7-11H,3-6H2,1-2H3,(H,15,18)(H,19,20). The Hall–Kier alpha value is -1.85. The first-order valence-corrected chi connectivity index (χ1v) is 7.08. The number of amides is 1. The number of carboxylic acid groups (broad SMARTS) is 1. The number of carbonyl (C=O) groups excluding carboxylic acids is 1. The second-order valence-electron chi connectivity index (χ2n) is 5.51. The van der Waals surface area contributed by atoms with Gasteiger partial charge in [-0.05, 0) is 32.8 Å². The predicted molar refractivity (Wildman–Crippen MR) is 73.5 cm³/mol. The van der Waals surface area contributed by atoms with Crippen LogP contribution in [0.5, 0.6) is 0 Å². The van der Waals surface area contributed by atoms with Gasteiger partial charge in [-0.3, -0.25) is 14.3 Å². The van der Waals surface area contributed by atoms with Gasteiger partial charge < -0.3 is 10.4 Å². The van der Waals surface area contributed by atoms with Crippen LogP contribution in [-0.4, -0.2) is 32.8 Å². The molecule has 1 fully saturated rings. The van der Waals surface area contributed by atoms with Gasteiger partial charge in [-0.25, -0.2) is 0 Å². The van der Waals surface area contributed by atoms with Crippen LogP contribution in [0.4, 0.5) is 0 Å². The molecule has 2 rings (SSSR count). The normalized spacial score (nSPS) is 18.7. The third-order valence-electron chi connectivity index (χ3n) is 4.04. The lowest BCUT2D eigenvalue weighted by molar-refractivity contribution is -0.141. The number of carboxylic acids is 1. The lowest BCUT2D eigenvalue weighted by Gasteiger charge is -2.17. The molecule has 1 amide bonds. The van der Waals surface area contributed by atoms with Crippen molar-refractivity contribution in [1.29, 1.82) is 0 Å². The molecule has 2 unspecified atom stereocenters. The number of aromatic nitrogens is 2. The first-order valence-electron chi connectivity index (χ1n) is 7.08. The van der Waals surface area contributed by atoms with Gasteiger partial charge in [0.2, 0.25) is 0 Å². The molecule has 2 N–H and O–H groups in total. The van der Waals surface area contributed by atoms with Gasteiger partial charge in [0.1, 0.15) is 5.69 Å². The highest BCUT2D eigenvalue weighted by Crippen LogP contribution is 2.28. The molecule has 6 heteroatoms. The minimum Gasteiger partial charge on any atom is -0.481 e. The van der Waals surface area contributed by atoms with Crippen molar-refractivity contribution in [3.8, 4) is 0 Å². The zero-order valence-corrected chi connectivity index (χ0v) is 11.9. The Morgan fingerprint density at radius 3 is 2.65 bits per heavy atom. The van der Waals surface area contributed by atoms with Crippen molar-refractivity contribution in [2.24, 2.45) is 5.92 Å². The number of nitrogens with zero attached hydrogens (tertiary/aromatic N) is 2. The summed E-state index contributed by atoms with van der Waals surface area (Å²) in [6.45, 7) is 3.26. The second-order valence-corrected chi connectivity index (χ2v) is 5.51. The lowest BCUT2D eigenvalue weighted by atomic mass is 10.0. The Kier molecular flexibility index (Phi) is 4.42. The van der Waals surface area contributed by atoms with Gasteiger partial charge in [-0.2, -0.15) is 5.10 Å². The molecule has 1 aliphatic rings. The average molecular weight is 279 g/mol. The Bertz CT molecular complexity index is 492. The topological polar surface area (TPSA) is 84.2 Å². The highest BCUT2D eigenvalue weighted by Gasteiger charge is 2.23. The number of nitrogens with one attached hydrogen (secondary N) is 1. The highest BCUT2D eigenvalue weighted by molar-refractivity contribution is 5.92. The molecule has 110 valence electrons. The Labute approximate surface area is 118 Å². The van der Waals surface area contributed by atoms with E-state index in [0.29, 0.717) is 11.7 Å². The summed E-state index contributed by atoms with van der Waals surface area (Å²) in [4.78, 5) is 22.9. The van der Waals surface area contributed by atoms with Gasteiger partial charge in [0.25, 0.3) is 5.91 Å². The maximum absolute atomic E-state index is 12.0. The van der Waals surface area contributed by atoms with Crippen molar-refractivity contribution in [3.05, 3.63) is 18.0 Å². The van der Waals surface area contributed by atoms with Crippen LogP contribution in [0.15, 0.2) is 12.3 Å². The number of carbonyl (C=O) groups is 2. The third-order valence-corrected chi connectivity index (χ3v) is 4.04. The molecule has 0 radical (unpaired) electrons. The zero-order valence-electron chi connectivity index (χ0n) is 11.9. The van der Waals surface area contributed by atoms with E-state index in [2.05, 4.69) is 10.4 Å². The molecular weight excluding hydrogens is 258 g/mol. The third kappa shape index (κ3) is 3.18. The monoisotopic (exact) mass is 279 g/mol. The summed E-state index contributed by atoms with van der Waals surface area (Å²) < 4.78 is 1.85. The number of aliphatic carboxylic acids is 1. The zero-order chi connectivity index (χ0) is 14.7. The van der Waals surface area contributed by atoms with E-state index >= 15 is 0 Å². The molecule has 1 heterocycles. The van der Waals surface area contributed by atoms with Crippen LogP contribution >= 0.6 is 0 Å². The van der Waals surface area contributed by atoms with Crippen molar-refractivity contribution < 1.29 is 14.7 Å². The van der Waals surface area contributed by atoms with Crippen LogP contribution in [0.2, 0.25) is 0 Å². The van der Waals surface area contributed by atoms with E-state index in [9.17, 15) is 9.59 Å². The van der Waals surface area contributed by atoms with E-state index in [4.69, 9.17) is 5.11 Å². The van der Waals surface area contributed by atoms with Crippen LogP contribution in [0.3, 0.4) is 0 Å². The van der Waals surface area contributed by atoms with E-state index in [0.717, 1.165) is 12.8 Å². The highest BCUT2D eigenvalue weighted by atomic mass is 16.4. The van der Waals surface area contributed by atoms with Gasteiger partial charge in [-0.1, -0.05) is 12.8 Å². The summed E-state index contributed by atoms with van der Waals surface area (Å²) >= 11 is 0. The molecule has 0 bridgehead atoms. The van der Waals surface area contributed by atoms with Crippen molar-refractivity contribution in [3.63, 3.8) is 0 Å². The molecule has 0 aliphatic heterocycles. The quantitative estimate of drug-likeness (QED) is 0.861. The van der Waals surface area contributed by atoms with Crippen molar-refractivity contribution in [1.82, 2.24) is 15.1 Å². The summed E-state index contributed by atoms with van der Waals surface area (Å²) in [5.74, 6) is -1.87. The van der Waals surface area contributed by atoms with E-state index in [1.807, 2.05) is 10.9 Å². The van der Waals surface area contributed by atoms with Crippen LogP contribution in [0.25, 0.3) is 0 Å². The Morgan fingerprint density at radius 2 is 2.05 bits per heavy atom. The van der Waals surface area contributed by atoms with Crippen LogP contribution in [0.1, 0.15) is 56.1 Å². The molecule has 1 aromatic rings. The lowest BCUT2D eigenvalue weighted by Crippen LogP contribution is -2.40. The van der Waals surface area contributed by atoms with E-state index < -0.39 is 17.9 Å². The molecule has 2 atom stereocenters. The summed E-state index contributed by atoms with van der Waals surface area (Å²) in [5, 5.41) is 15.9. The predicted octanol–water partition coefficient (Wildman–Crippen LogP) is 1.84. The van der Waals surface area contributed by atoms with Crippen molar-refractivity contribution >= 4 is 11.9 Å². The first kappa shape index (κ1) is 14.6. The molecule has 0 saturated heterocycles. The number of hydrogen-bond acceptors (Lipinski definition) is 3. The SMILES string of the molecule is CC(NC(=O)c1ccn(C2CCCC2)n1)C(C)C(=O)O. The Morgan fingerprint density at radius 1 is 1.40 bits per heavy atom. The molecule has 1 aliphatic carbocycles. The summed E-state index contributed by atoms with van der Waals surface area (Å²) in [6.07, 6.45) is 6.46. The Balaban J connectivity index is 1.97. The molecule has 0 aromatic carbocycles. The first-order chi connectivity index (χ1) is 9.49. The van der Waals surface area contributed by atoms with Gasteiger partial charge in [0.15, 0.2) is 0 Å². The molecule has 6 nitrogen and oxygen atoms in total. The fourth-order valence-electron chi connectivity index (χ4n) is 2.45. The van der Waals surface area contributed by atoms with Gasteiger partial charge >= 0.3 is 5.97 Å². The van der Waals surface area contributed by atoms with Gasteiger partial charge in [0, 0.05) is 12.2 Å². The maximum Gasteiger partial charge on any atom is 0.308 e. The minimum absolute atomic E-state index is 0.317. The molecule has 1 saturated carbocycles. The summed E-state index contributed by atoms with van der Waals surface area (Å²) in [6, 6.07) is 1.65. The van der Waals surface area contributed by atoms with Gasteiger partial charge in [0.05, 0.1) is 12.0 Å². The van der Waals surface area contributed by atoms with Crippen LogP contribution in [-0.2, 0) is 4.79 Å². The van der Waals surface area contributed by atoms with Crippen LogP contribution in [0, 0.1) is 5.92 Å². The fraction of sp³-hybridized carbons (Fsp3) is 0.643. The van der Waals surface area contributed by atoms with Crippen LogP contribution < -0.4 is 5.32 Å². The smallest absolute Gasteiger partial charge is 0.308 e. The van der Waals surface area contributed by atoms with E-state index in [-0.39, 0.29) is 5.91 Å². The van der Waals surface area contributed by atoms with Gasteiger partial charge in [-0.15, -0.1) is 0 Å². The maximum atomic E-state index is 12.0. The fourth-order valence-corrected chi connectivity index (χ4v) is 2.45. The molecule has 20 heavy (non-hydrogen) atoms. The molecular formula is C14H21N3O3. The summed E-state index contributed by atoms with van der Waals surface area (Å²) in [7, 11) is 0. The molecule has 0 spiro atoms. The minimum atomic E-state index is -0.922. The average Bonchev–Trinajstić information content (AvgIpc) is 3.07. The van der Waals surface area contributed by atoms with E-state index in [1.165, 1.54) is 12.8 Å². The largest absolute Gasteiger partial charge is 0.481 e. The number of hydrogen-bond donors (Lipinski definition) is 2. The summed E-state index contributed by atoms with van der Waals surface area (Å²) in [5.41, 5.74) is 0.348. The van der Waals surface area contributed by atoms with Crippen molar-refractivity contribution in [2.75, 3.05) is 0 Å². The molecule has 1 aromatic heterocycles.